The van der Waals surface area contributed by atoms with Crippen LogP contribution >= 0.6 is 0 Å². The Kier molecular flexibility index (Phi) is 6.48. The molecule has 1 aromatic rings. The molecule has 1 saturated heterocycles. The number of rotatable bonds is 4. The van der Waals surface area contributed by atoms with E-state index in [2.05, 4.69) is 4.72 Å². The summed E-state index contributed by atoms with van der Waals surface area (Å²) in [7, 11) is -2.75. The highest BCUT2D eigenvalue weighted by atomic mass is 32.2. The van der Waals surface area contributed by atoms with Crippen molar-refractivity contribution in [3.63, 3.8) is 0 Å². The summed E-state index contributed by atoms with van der Waals surface area (Å²) >= 11 is 0. The highest BCUT2D eigenvalue weighted by Gasteiger charge is 2.49. The van der Waals surface area contributed by atoms with Gasteiger partial charge in [0, 0.05) is 19.1 Å². The fourth-order valence-electron chi connectivity index (χ4n) is 3.18. The number of hydrogen-bond acceptors (Lipinski definition) is 7. The van der Waals surface area contributed by atoms with Crippen LogP contribution in [0, 0.1) is 5.41 Å². The van der Waals surface area contributed by atoms with Crippen LogP contribution < -0.4 is 4.72 Å². The monoisotopic (exact) mass is 428 g/mol. The van der Waals surface area contributed by atoms with Crippen molar-refractivity contribution >= 4 is 22.1 Å². The summed E-state index contributed by atoms with van der Waals surface area (Å²) in [6.07, 6.45) is -0.380. The predicted molar refractivity (Wildman–Crippen MR) is 105 cm³/mol. The van der Waals surface area contributed by atoms with E-state index in [1.165, 1.54) is 36.3 Å². The molecule has 9 nitrogen and oxygen atoms in total. The van der Waals surface area contributed by atoms with Gasteiger partial charge in [-0.15, -0.1) is 0 Å². The molecule has 0 saturated carbocycles. The number of benzene rings is 1. The van der Waals surface area contributed by atoms with Crippen LogP contribution in [0.3, 0.4) is 0 Å². The first-order valence-electron chi connectivity index (χ1n) is 9.16. The van der Waals surface area contributed by atoms with Crippen molar-refractivity contribution in [1.82, 2.24) is 9.62 Å². The summed E-state index contributed by atoms with van der Waals surface area (Å²) in [6.45, 7) is 6.93. The molecule has 0 radical (unpaired) electrons. The molecule has 1 amide bonds. The van der Waals surface area contributed by atoms with Crippen LogP contribution in [0.2, 0.25) is 0 Å². The minimum absolute atomic E-state index is 0.0444. The molecular formula is C19H28N2O7S. The second kappa shape index (κ2) is 8.19. The first kappa shape index (κ1) is 23.0. The predicted octanol–water partition coefficient (Wildman–Crippen LogP) is 1.86. The Labute approximate surface area is 171 Å². The number of nitrogens with one attached hydrogen (secondary N) is 1. The maximum Gasteiger partial charge on any atom is 0.410 e. The molecule has 2 unspecified atom stereocenters. The number of hydrogen-bond donors (Lipinski definition) is 2. The molecule has 0 aromatic heterocycles. The number of aromatic hydroxyl groups is 1. The summed E-state index contributed by atoms with van der Waals surface area (Å²) in [5.74, 6) is -0.696. The summed E-state index contributed by atoms with van der Waals surface area (Å²) in [4.78, 5) is 26.3. The van der Waals surface area contributed by atoms with Gasteiger partial charge in [0.2, 0.25) is 10.0 Å². The largest absolute Gasteiger partial charge is 0.508 e. The zero-order valence-electron chi connectivity index (χ0n) is 17.3. The molecule has 2 N–H and O–H groups in total. The standard InChI is InChI=1S/C19H28N2O7S/c1-18(2,3)28-17(24)21-11-10-15(19(4,12-21)16(23)27-5)20-29(25,26)14-8-6-13(22)7-9-14/h6-9,15,20,22H,10-12H2,1-5H3. The third-order valence-corrected chi connectivity index (χ3v) is 6.21. The smallest absolute Gasteiger partial charge is 0.410 e. The molecule has 1 heterocycles. The molecule has 1 aliphatic rings. The molecule has 2 rings (SSSR count). The van der Waals surface area contributed by atoms with Gasteiger partial charge >= 0.3 is 12.1 Å². The van der Waals surface area contributed by atoms with Gasteiger partial charge in [0.15, 0.2) is 0 Å². The quantitative estimate of drug-likeness (QED) is 0.702. The molecule has 2 atom stereocenters. The van der Waals surface area contributed by atoms with Crippen LogP contribution in [-0.4, -0.2) is 62.3 Å². The molecule has 162 valence electrons. The molecule has 0 bridgehead atoms. The van der Waals surface area contributed by atoms with Crippen LogP contribution in [0.25, 0.3) is 0 Å². The van der Waals surface area contributed by atoms with Crippen molar-refractivity contribution < 1.29 is 32.6 Å². The highest BCUT2D eigenvalue weighted by molar-refractivity contribution is 7.89. The average Bonchev–Trinajstić information content (AvgIpc) is 2.61. The van der Waals surface area contributed by atoms with Crippen LogP contribution in [0.4, 0.5) is 4.79 Å². The van der Waals surface area contributed by atoms with Crippen molar-refractivity contribution in [2.24, 2.45) is 5.41 Å². The summed E-state index contributed by atoms with van der Waals surface area (Å²) < 4.78 is 38.4. The van der Waals surface area contributed by atoms with Gasteiger partial charge in [-0.1, -0.05) is 0 Å². The maximum atomic E-state index is 12.8. The highest BCUT2D eigenvalue weighted by Crippen LogP contribution is 2.33. The number of phenolic OH excluding ortho intramolecular Hbond substituents is 1. The fourth-order valence-corrected chi connectivity index (χ4v) is 4.56. The number of carbonyl (C=O) groups is 2. The molecule has 0 spiro atoms. The van der Waals surface area contributed by atoms with E-state index in [4.69, 9.17) is 9.47 Å². The Bertz CT molecular complexity index is 862. The molecule has 1 aliphatic heterocycles. The SMILES string of the molecule is COC(=O)C1(C)CN(C(=O)OC(C)(C)C)CCC1NS(=O)(=O)c1ccc(O)cc1. The third-order valence-electron chi connectivity index (χ3n) is 4.72. The number of carbonyl (C=O) groups excluding carboxylic acids is 2. The van der Waals surface area contributed by atoms with Crippen molar-refractivity contribution in [2.75, 3.05) is 20.2 Å². The summed E-state index contributed by atoms with van der Waals surface area (Å²) in [5, 5.41) is 9.37. The van der Waals surface area contributed by atoms with Crippen LogP contribution in [0.1, 0.15) is 34.1 Å². The van der Waals surface area contributed by atoms with Crippen molar-refractivity contribution in [3.05, 3.63) is 24.3 Å². The Hall–Kier alpha value is -2.33. The van der Waals surface area contributed by atoms with E-state index >= 15 is 0 Å². The second-order valence-corrected chi connectivity index (χ2v) is 9.98. The topological polar surface area (TPSA) is 122 Å². The van der Waals surface area contributed by atoms with E-state index in [1.54, 1.807) is 27.7 Å². The lowest BCUT2D eigenvalue weighted by atomic mass is 9.78. The Morgan fingerprint density at radius 3 is 2.34 bits per heavy atom. The second-order valence-electron chi connectivity index (χ2n) is 8.27. The van der Waals surface area contributed by atoms with Gasteiger partial charge < -0.3 is 19.5 Å². The van der Waals surface area contributed by atoms with Gasteiger partial charge in [0.05, 0.1) is 17.4 Å². The van der Waals surface area contributed by atoms with Crippen LogP contribution in [0.15, 0.2) is 29.2 Å². The normalized spacial score (nSPS) is 22.8. The van der Waals surface area contributed by atoms with Crippen molar-refractivity contribution in [1.29, 1.82) is 0 Å². The van der Waals surface area contributed by atoms with E-state index in [9.17, 15) is 23.1 Å². The zero-order chi connectivity index (χ0) is 22.0. The number of piperidine rings is 1. The van der Waals surface area contributed by atoms with Gasteiger partial charge in [-0.05, 0) is 58.4 Å². The van der Waals surface area contributed by atoms with E-state index in [0.717, 1.165) is 0 Å². The molecule has 29 heavy (non-hydrogen) atoms. The number of likely N-dealkylation sites (tertiary alicyclic amines) is 1. The lowest BCUT2D eigenvalue weighted by molar-refractivity contribution is -0.156. The number of amides is 1. The van der Waals surface area contributed by atoms with Gasteiger partial charge in [-0.25, -0.2) is 17.9 Å². The summed E-state index contributed by atoms with van der Waals surface area (Å²) in [5.41, 5.74) is -2.01. The van der Waals surface area contributed by atoms with Gasteiger partial charge in [-0.3, -0.25) is 4.79 Å². The first-order chi connectivity index (χ1) is 13.3. The summed E-state index contributed by atoms with van der Waals surface area (Å²) in [6, 6.07) is 4.26. The number of sulfonamides is 1. The first-order valence-corrected chi connectivity index (χ1v) is 10.6. The molecule has 10 heteroatoms. The van der Waals surface area contributed by atoms with Gasteiger partial charge in [-0.2, -0.15) is 0 Å². The minimum atomic E-state index is -3.96. The number of esters is 1. The lowest BCUT2D eigenvalue weighted by Gasteiger charge is -2.44. The number of nitrogens with zero attached hydrogens (tertiary/aromatic N) is 1. The Balaban J connectivity index is 2.27. The maximum absolute atomic E-state index is 12.8. The van der Waals surface area contributed by atoms with Crippen LogP contribution in [-0.2, 0) is 24.3 Å². The van der Waals surface area contributed by atoms with E-state index in [0.29, 0.717) is 0 Å². The van der Waals surface area contributed by atoms with E-state index < -0.39 is 39.1 Å². The van der Waals surface area contributed by atoms with E-state index in [-0.39, 0.29) is 30.2 Å². The van der Waals surface area contributed by atoms with Crippen molar-refractivity contribution in [2.45, 2.75) is 50.7 Å². The molecular weight excluding hydrogens is 400 g/mol. The molecule has 1 aromatic carbocycles. The molecule has 0 aliphatic carbocycles. The number of ether oxygens (including phenoxy) is 2. The van der Waals surface area contributed by atoms with Crippen molar-refractivity contribution in [3.8, 4) is 5.75 Å². The Morgan fingerprint density at radius 2 is 1.83 bits per heavy atom. The minimum Gasteiger partial charge on any atom is -0.508 e. The third kappa shape index (κ3) is 5.39. The van der Waals surface area contributed by atoms with Gasteiger partial charge in [0.1, 0.15) is 11.4 Å². The average molecular weight is 429 g/mol. The number of methoxy groups -OCH3 is 1. The van der Waals surface area contributed by atoms with Crippen LogP contribution in [0.5, 0.6) is 5.75 Å². The fraction of sp³-hybridized carbons (Fsp3) is 0.579. The van der Waals surface area contributed by atoms with E-state index in [1.807, 2.05) is 0 Å². The zero-order valence-corrected chi connectivity index (χ0v) is 18.1. The Morgan fingerprint density at radius 1 is 1.24 bits per heavy atom. The number of phenols is 1. The van der Waals surface area contributed by atoms with Gasteiger partial charge in [0.25, 0.3) is 0 Å². The lowest BCUT2D eigenvalue weighted by Crippen LogP contribution is -2.61. The molecule has 1 fully saturated rings.